The highest BCUT2D eigenvalue weighted by atomic mass is 32.2. The molecule has 3 aromatic rings. The Morgan fingerprint density at radius 1 is 1.03 bits per heavy atom. The van der Waals surface area contributed by atoms with Crippen molar-refractivity contribution in [1.82, 2.24) is 4.31 Å². The van der Waals surface area contributed by atoms with Crippen LogP contribution in [-0.4, -0.2) is 35.9 Å². The van der Waals surface area contributed by atoms with Gasteiger partial charge < -0.3 is 9.84 Å². The highest BCUT2D eigenvalue weighted by molar-refractivity contribution is 7.89. The molecule has 188 valence electrons. The van der Waals surface area contributed by atoms with Crippen molar-refractivity contribution >= 4 is 16.0 Å². The van der Waals surface area contributed by atoms with Gasteiger partial charge in [-0.25, -0.2) is 8.42 Å². The fourth-order valence-corrected chi connectivity index (χ4v) is 5.74. The van der Waals surface area contributed by atoms with Gasteiger partial charge in [-0.3, -0.25) is 4.79 Å². The maximum Gasteiger partial charge on any atom is 0.318 e. The molecule has 1 aliphatic heterocycles. The number of rotatable bonds is 7. The standard InChI is InChI=1S/C28H25N3O5S/c1-28(2)9-8-23-14-25(6-7-26(23)36-28)37(34,35)31(18-27(32)33)17-21-10-20(16-30)12-24(13-21)22-5-3-4-19(11-22)15-29/h3-7,10-14H,8-9,17-18H2,1-2H3,(H,32,33). The Morgan fingerprint density at radius 2 is 1.76 bits per heavy atom. The van der Waals surface area contributed by atoms with E-state index < -0.39 is 22.5 Å². The van der Waals surface area contributed by atoms with Crippen molar-refractivity contribution in [2.24, 2.45) is 0 Å². The molecule has 0 atom stereocenters. The van der Waals surface area contributed by atoms with E-state index in [1.165, 1.54) is 12.1 Å². The average molecular weight is 516 g/mol. The second-order valence-corrected chi connectivity index (χ2v) is 11.5. The van der Waals surface area contributed by atoms with Gasteiger partial charge >= 0.3 is 5.97 Å². The number of aliphatic carboxylic acids is 1. The van der Waals surface area contributed by atoms with E-state index in [-0.39, 0.29) is 22.6 Å². The molecule has 0 amide bonds. The first kappa shape index (κ1) is 25.9. The van der Waals surface area contributed by atoms with Gasteiger partial charge in [0.1, 0.15) is 17.9 Å². The van der Waals surface area contributed by atoms with E-state index in [9.17, 15) is 28.8 Å². The van der Waals surface area contributed by atoms with E-state index in [2.05, 4.69) is 12.1 Å². The Balaban J connectivity index is 1.71. The first-order valence-corrected chi connectivity index (χ1v) is 13.0. The van der Waals surface area contributed by atoms with Crippen LogP contribution < -0.4 is 4.74 Å². The molecule has 1 heterocycles. The fraction of sp³-hybridized carbons (Fsp3) is 0.250. The Kier molecular flexibility index (Phi) is 7.04. The zero-order chi connectivity index (χ0) is 26.8. The number of sulfonamides is 1. The molecule has 0 bridgehead atoms. The molecule has 0 saturated heterocycles. The summed E-state index contributed by atoms with van der Waals surface area (Å²) < 4.78 is 34.0. The number of nitrogens with zero attached hydrogens (tertiary/aromatic N) is 3. The summed E-state index contributed by atoms with van der Waals surface area (Å²) in [5.41, 5.74) is 2.88. The van der Waals surface area contributed by atoms with Gasteiger partial charge in [-0.1, -0.05) is 12.1 Å². The second kappa shape index (κ2) is 10.1. The van der Waals surface area contributed by atoms with Crippen LogP contribution in [0.5, 0.6) is 5.75 Å². The van der Waals surface area contributed by atoms with Gasteiger partial charge in [0.05, 0.1) is 28.2 Å². The van der Waals surface area contributed by atoms with Gasteiger partial charge in [0.25, 0.3) is 0 Å². The maximum atomic E-state index is 13.6. The number of carboxylic acid groups (broad SMARTS) is 1. The van der Waals surface area contributed by atoms with E-state index in [0.29, 0.717) is 34.4 Å². The molecule has 1 N–H and O–H groups in total. The summed E-state index contributed by atoms with van der Waals surface area (Å²) in [7, 11) is -4.19. The van der Waals surface area contributed by atoms with E-state index in [1.54, 1.807) is 48.5 Å². The van der Waals surface area contributed by atoms with Gasteiger partial charge in [0.15, 0.2) is 0 Å². The van der Waals surface area contributed by atoms with Crippen molar-refractivity contribution < 1.29 is 23.1 Å². The number of aryl methyl sites for hydroxylation is 1. The normalized spacial score (nSPS) is 14.2. The molecule has 0 saturated carbocycles. The Labute approximate surface area is 216 Å². The lowest BCUT2D eigenvalue weighted by Gasteiger charge is -2.33. The second-order valence-electron chi connectivity index (χ2n) is 9.52. The van der Waals surface area contributed by atoms with Gasteiger partial charge in [-0.05, 0) is 97.5 Å². The van der Waals surface area contributed by atoms with E-state index in [4.69, 9.17) is 4.74 Å². The van der Waals surface area contributed by atoms with Crippen LogP contribution in [-0.2, 0) is 27.8 Å². The molecule has 9 heteroatoms. The van der Waals surface area contributed by atoms with Crippen molar-refractivity contribution in [2.45, 2.75) is 43.7 Å². The highest BCUT2D eigenvalue weighted by Crippen LogP contribution is 2.35. The lowest BCUT2D eigenvalue weighted by Crippen LogP contribution is -2.36. The van der Waals surface area contributed by atoms with E-state index in [1.807, 2.05) is 13.8 Å². The average Bonchev–Trinajstić information content (AvgIpc) is 2.87. The molecule has 0 fully saturated rings. The first-order chi connectivity index (χ1) is 17.5. The summed E-state index contributed by atoms with van der Waals surface area (Å²) in [6.07, 6.45) is 1.36. The zero-order valence-electron chi connectivity index (χ0n) is 20.4. The molecule has 37 heavy (non-hydrogen) atoms. The molecule has 4 rings (SSSR count). The summed E-state index contributed by atoms with van der Waals surface area (Å²) in [5, 5.41) is 28.3. The number of benzene rings is 3. The quantitative estimate of drug-likeness (QED) is 0.491. The van der Waals surface area contributed by atoms with Crippen LogP contribution in [0.25, 0.3) is 11.1 Å². The Morgan fingerprint density at radius 3 is 2.46 bits per heavy atom. The van der Waals surface area contributed by atoms with Crippen LogP contribution >= 0.6 is 0 Å². The number of carboxylic acids is 1. The van der Waals surface area contributed by atoms with E-state index in [0.717, 1.165) is 16.3 Å². The summed E-state index contributed by atoms with van der Waals surface area (Å²) in [6, 6.07) is 20.4. The fourth-order valence-electron chi connectivity index (χ4n) is 4.31. The molecule has 3 aromatic carbocycles. The molecule has 0 unspecified atom stereocenters. The van der Waals surface area contributed by atoms with Gasteiger partial charge in [0, 0.05) is 6.54 Å². The summed E-state index contributed by atoms with van der Waals surface area (Å²) >= 11 is 0. The maximum absolute atomic E-state index is 13.6. The number of nitriles is 2. The lowest BCUT2D eigenvalue weighted by atomic mass is 9.94. The van der Waals surface area contributed by atoms with Crippen LogP contribution in [0.15, 0.2) is 65.6 Å². The van der Waals surface area contributed by atoms with Crippen LogP contribution in [0, 0.1) is 22.7 Å². The molecule has 0 aromatic heterocycles. The predicted octanol–water partition coefficient (Wildman–Crippen LogP) is 4.48. The zero-order valence-corrected chi connectivity index (χ0v) is 21.2. The molecule has 0 radical (unpaired) electrons. The minimum absolute atomic E-state index is 0.0193. The molecule has 0 aliphatic carbocycles. The predicted molar refractivity (Wildman–Crippen MR) is 136 cm³/mol. The Bertz CT molecular complexity index is 1570. The van der Waals surface area contributed by atoms with Gasteiger partial charge in [-0.2, -0.15) is 14.8 Å². The van der Waals surface area contributed by atoms with Crippen LogP contribution in [0.4, 0.5) is 0 Å². The smallest absolute Gasteiger partial charge is 0.318 e. The number of fused-ring (bicyclic) bond motifs is 1. The topological polar surface area (TPSA) is 131 Å². The number of hydrogen-bond donors (Lipinski definition) is 1. The first-order valence-electron chi connectivity index (χ1n) is 11.6. The molecule has 1 aliphatic rings. The van der Waals surface area contributed by atoms with Crippen molar-refractivity contribution in [2.75, 3.05) is 6.54 Å². The van der Waals surface area contributed by atoms with Crippen LogP contribution in [0.3, 0.4) is 0 Å². The molecule has 0 spiro atoms. The largest absolute Gasteiger partial charge is 0.488 e. The van der Waals surface area contributed by atoms with Crippen LogP contribution in [0.1, 0.15) is 42.5 Å². The van der Waals surface area contributed by atoms with Crippen molar-refractivity contribution in [1.29, 1.82) is 10.5 Å². The number of carbonyl (C=O) groups is 1. The minimum atomic E-state index is -4.19. The third-order valence-corrected chi connectivity index (χ3v) is 7.96. The van der Waals surface area contributed by atoms with E-state index >= 15 is 0 Å². The van der Waals surface area contributed by atoms with Gasteiger partial charge in [-0.15, -0.1) is 0 Å². The van der Waals surface area contributed by atoms with Crippen molar-refractivity contribution in [3.05, 3.63) is 82.9 Å². The molecular weight excluding hydrogens is 490 g/mol. The number of ether oxygens (including phenoxy) is 1. The summed E-state index contributed by atoms with van der Waals surface area (Å²) in [5.74, 6) is -0.684. The van der Waals surface area contributed by atoms with Gasteiger partial charge in [0.2, 0.25) is 10.0 Å². The lowest BCUT2D eigenvalue weighted by molar-refractivity contribution is -0.137. The van der Waals surface area contributed by atoms with Crippen molar-refractivity contribution in [3.8, 4) is 29.0 Å². The third-order valence-electron chi connectivity index (χ3n) is 6.17. The third kappa shape index (κ3) is 5.80. The SMILES string of the molecule is CC1(C)CCc2cc(S(=O)(=O)N(CC(=O)O)Cc3cc(C#N)cc(-c4cccc(C#N)c4)c3)ccc2O1. The minimum Gasteiger partial charge on any atom is -0.488 e. The Hall–Kier alpha value is -4.18. The highest BCUT2D eigenvalue weighted by Gasteiger charge is 2.31. The number of hydrogen-bond acceptors (Lipinski definition) is 6. The molecule has 8 nitrogen and oxygen atoms in total. The summed E-state index contributed by atoms with van der Waals surface area (Å²) in [6.45, 7) is 2.93. The van der Waals surface area contributed by atoms with Crippen molar-refractivity contribution in [3.63, 3.8) is 0 Å². The monoisotopic (exact) mass is 515 g/mol. The van der Waals surface area contributed by atoms with Crippen LogP contribution in [0.2, 0.25) is 0 Å². The molecular formula is C28H25N3O5S. The summed E-state index contributed by atoms with van der Waals surface area (Å²) in [4.78, 5) is 11.6.